The van der Waals surface area contributed by atoms with Gasteiger partial charge in [-0.3, -0.25) is 0 Å². The van der Waals surface area contributed by atoms with Gasteiger partial charge in [-0.05, 0) is 12.8 Å². The molecule has 0 spiro atoms. The number of epoxide rings is 1. The third-order valence-corrected chi connectivity index (χ3v) is 8.30. The minimum atomic E-state index is -2.64. The van der Waals surface area contributed by atoms with Gasteiger partial charge in [-0.1, -0.05) is 73.5 Å². The molecular weight excluding hydrogens is 291 g/mol. The Morgan fingerprint density at radius 1 is 0.955 bits per heavy atom. The molecule has 2 fully saturated rings. The summed E-state index contributed by atoms with van der Waals surface area (Å²) >= 11 is 0. The van der Waals surface area contributed by atoms with E-state index >= 15 is 0 Å². The Labute approximate surface area is 131 Å². The lowest BCUT2D eigenvalue weighted by Crippen LogP contribution is -2.30. The van der Waals surface area contributed by atoms with E-state index in [0.29, 0.717) is 12.3 Å². The van der Waals surface area contributed by atoms with Crippen LogP contribution in [0.1, 0.15) is 25.7 Å². The molecule has 0 bridgehead atoms. The van der Waals surface area contributed by atoms with E-state index < -0.39 is 7.14 Å². The van der Waals surface area contributed by atoms with E-state index in [1.54, 1.807) is 0 Å². The molecule has 1 aliphatic carbocycles. The van der Waals surface area contributed by atoms with Gasteiger partial charge in [-0.15, -0.1) is 0 Å². The molecule has 0 N–H and O–H groups in total. The van der Waals surface area contributed by atoms with Gasteiger partial charge < -0.3 is 9.30 Å². The third kappa shape index (κ3) is 2.35. The summed E-state index contributed by atoms with van der Waals surface area (Å²) in [6, 6.07) is 19.9. The Hall–Kier alpha value is -1.37. The number of rotatable bonds is 4. The normalized spacial score (nSPS) is 27.2. The summed E-state index contributed by atoms with van der Waals surface area (Å²) in [6.07, 6.45) is 5.61. The largest absolute Gasteiger partial charge is 0.366 e. The molecule has 1 saturated carbocycles. The summed E-state index contributed by atoms with van der Waals surface area (Å²) in [7, 11) is -2.64. The van der Waals surface area contributed by atoms with Crippen molar-refractivity contribution in [2.24, 2.45) is 0 Å². The summed E-state index contributed by atoms with van der Waals surface area (Å²) < 4.78 is 20.1. The van der Waals surface area contributed by atoms with Crippen LogP contribution in [-0.4, -0.2) is 17.9 Å². The molecule has 2 atom stereocenters. The highest BCUT2D eigenvalue weighted by Crippen LogP contribution is 2.57. The second-order valence-corrected chi connectivity index (χ2v) is 9.31. The fourth-order valence-electron chi connectivity index (χ4n) is 3.81. The minimum absolute atomic E-state index is 0.126. The highest BCUT2D eigenvalue weighted by molar-refractivity contribution is 7.78. The summed E-state index contributed by atoms with van der Waals surface area (Å²) in [5.41, 5.74) is -0.126. The molecule has 1 aliphatic heterocycles. The number of ether oxygens (including phenoxy) is 1. The molecular formula is C19H21O2P. The van der Waals surface area contributed by atoms with Gasteiger partial charge in [0.15, 0.2) is 0 Å². The zero-order valence-electron chi connectivity index (χ0n) is 12.7. The standard InChI is InChI=1S/C19H21O2P/c20-22(16-9-3-1-4-10-16,17-11-5-2-6-12-17)15-19-14-8-7-13-18(19)21-19/h1-6,9-12,18H,7-8,13-15H2/t18-,19-/m1/s1. The fraction of sp³-hybridized carbons (Fsp3) is 0.368. The average Bonchev–Trinajstić information content (AvgIpc) is 3.30. The fourth-order valence-corrected chi connectivity index (χ4v) is 6.97. The maximum Gasteiger partial charge on any atom is 0.146 e. The van der Waals surface area contributed by atoms with Crippen LogP contribution in [-0.2, 0) is 9.30 Å². The van der Waals surface area contributed by atoms with Crippen molar-refractivity contribution in [1.29, 1.82) is 0 Å². The Balaban J connectivity index is 1.75. The smallest absolute Gasteiger partial charge is 0.146 e. The van der Waals surface area contributed by atoms with Crippen LogP contribution in [0.25, 0.3) is 0 Å². The van der Waals surface area contributed by atoms with E-state index in [4.69, 9.17) is 4.74 Å². The monoisotopic (exact) mass is 312 g/mol. The third-order valence-electron chi connectivity index (χ3n) is 5.06. The van der Waals surface area contributed by atoms with E-state index in [2.05, 4.69) is 0 Å². The lowest BCUT2D eigenvalue weighted by atomic mass is 9.91. The van der Waals surface area contributed by atoms with Crippen molar-refractivity contribution in [3.8, 4) is 0 Å². The van der Waals surface area contributed by atoms with Crippen molar-refractivity contribution in [2.75, 3.05) is 6.16 Å². The molecule has 2 nitrogen and oxygen atoms in total. The van der Waals surface area contributed by atoms with Gasteiger partial charge in [0, 0.05) is 16.8 Å². The Kier molecular flexibility index (Phi) is 3.47. The van der Waals surface area contributed by atoms with E-state index in [1.807, 2.05) is 60.7 Å². The second-order valence-electron chi connectivity index (χ2n) is 6.49. The Morgan fingerprint density at radius 2 is 1.55 bits per heavy atom. The van der Waals surface area contributed by atoms with Crippen molar-refractivity contribution in [1.82, 2.24) is 0 Å². The maximum atomic E-state index is 14.0. The predicted molar refractivity (Wildman–Crippen MR) is 90.7 cm³/mol. The van der Waals surface area contributed by atoms with Crippen LogP contribution in [0.2, 0.25) is 0 Å². The average molecular weight is 312 g/mol. The molecule has 0 unspecified atom stereocenters. The van der Waals surface area contributed by atoms with Gasteiger partial charge in [-0.25, -0.2) is 0 Å². The Morgan fingerprint density at radius 3 is 2.09 bits per heavy atom. The van der Waals surface area contributed by atoms with Crippen molar-refractivity contribution in [3.05, 3.63) is 60.7 Å². The molecule has 22 heavy (non-hydrogen) atoms. The van der Waals surface area contributed by atoms with Gasteiger partial charge in [0.1, 0.15) is 12.7 Å². The van der Waals surface area contributed by atoms with Crippen LogP contribution >= 0.6 is 7.14 Å². The molecule has 2 aliphatic rings. The van der Waals surface area contributed by atoms with Crippen molar-refractivity contribution >= 4 is 17.8 Å². The first kappa shape index (κ1) is 14.2. The Bertz CT molecular complexity index is 654. The number of hydrogen-bond acceptors (Lipinski definition) is 2. The molecule has 0 radical (unpaired) electrons. The zero-order chi connectivity index (χ0) is 15.0. The zero-order valence-corrected chi connectivity index (χ0v) is 13.5. The summed E-state index contributed by atoms with van der Waals surface area (Å²) in [4.78, 5) is 0. The van der Waals surface area contributed by atoms with Gasteiger partial charge in [0.2, 0.25) is 0 Å². The molecule has 2 aromatic rings. The highest BCUT2D eigenvalue weighted by Gasteiger charge is 2.59. The molecule has 4 rings (SSSR count). The van der Waals surface area contributed by atoms with Crippen LogP contribution < -0.4 is 10.6 Å². The second kappa shape index (κ2) is 5.37. The number of benzene rings is 2. The first-order valence-corrected chi connectivity index (χ1v) is 10.0. The molecule has 2 aromatic carbocycles. The van der Waals surface area contributed by atoms with Crippen LogP contribution in [0.5, 0.6) is 0 Å². The molecule has 114 valence electrons. The van der Waals surface area contributed by atoms with E-state index in [9.17, 15) is 4.57 Å². The van der Waals surface area contributed by atoms with E-state index in [-0.39, 0.29) is 5.60 Å². The first-order valence-electron chi connectivity index (χ1n) is 8.11. The highest BCUT2D eigenvalue weighted by atomic mass is 31.2. The number of hydrogen-bond donors (Lipinski definition) is 0. The molecule has 1 saturated heterocycles. The van der Waals surface area contributed by atoms with Crippen LogP contribution in [0.4, 0.5) is 0 Å². The SMILES string of the molecule is O=P(C[C@]12CCCC[C@H]1O2)(c1ccccc1)c1ccccc1. The number of fused-ring (bicyclic) bond motifs is 1. The van der Waals surface area contributed by atoms with Crippen molar-refractivity contribution in [3.63, 3.8) is 0 Å². The maximum absolute atomic E-state index is 14.0. The van der Waals surface area contributed by atoms with Crippen LogP contribution in [0.3, 0.4) is 0 Å². The van der Waals surface area contributed by atoms with Crippen LogP contribution in [0, 0.1) is 0 Å². The molecule has 0 amide bonds. The summed E-state index contributed by atoms with van der Waals surface area (Å²) in [5.74, 6) is 0. The van der Waals surface area contributed by atoms with Gasteiger partial charge >= 0.3 is 0 Å². The van der Waals surface area contributed by atoms with Crippen molar-refractivity contribution < 1.29 is 9.30 Å². The lowest BCUT2D eigenvalue weighted by Gasteiger charge is -2.25. The minimum Gasteiger partial charge on any atom is -0.366 e. The van der Waals surface area contributed by atoms with Gasteiger partial charge in [0.05, 0.1) is 6.10 Å². The van der Waals surface area contributed by atoms with E-state index in [1.165, 1.54) is 12.8 Å². The summed E-state index contributed by atoms with van der Waals surface area (Å²) in [5, 5.41) is 1.91. The topological polar surface area (TPSA) is 29.6 Å². The van der Waals surface area contributed by atoms with Crippen molar-refractivity contribution in [2.45, 2.75) is 37.4 Å². The van der Waals surface area contributed by atoms with Gasteiger partial charge in [0.25, 0.3) is 0 Å². The summed E-state index contributed by atoms with van der Waals surface area (Å²) in [6.45, 7) is 0. The van der Waals surface area contributed by atoms with E-state index in [0.717, 1.165) is 23.5 Å². The lowest BCUT2D eigenvalue weighted by molar-refractivity contribution is 0.306. The quantitative estimate of drug-likeness (QED) is 0.636. The van der Waals surface area contributed by atoms with Gasteiger partial charge in [-0.2, -0.15) is 0 Å². The first-order chi connectivity index (χ1) is 10.7. The predicted octanol–water partition coefficient (Wildman–Crippen LogP) is 3.71. The van der Waals surface area contributed by atoms with Crippen LogP contribution in [0.15, 0.2) is 60.7 Å². The molecule has 1 heterocycles. The molecule has 3 heteroatoms. The molecule has 0 aromatic heterocycles.